The molecule has 3 aliphatic carbocycles. The summed E-state index contributed by atoms with van der Waals surface area (Å²) in [6.07, 6.45) is 6.03. The molecule has 2 atom stereocenters. The monoisotopic (exact) mass is 398 g/mol. The number of nitrogens with one attached hydrogen (secondary N) is 2. The minimum absolute atomic E-state index is 0. The van der Waals surface area contributed by atoms with Crippen molar-refractivity contribution in [1.29, 1.82) is 0 Å². The molecule has 3 saturated carbocycles. The summed E-state index contributed by atoms with van der Waals surface area (Å²) in [5.74, 6) is 0. The second-order valence-electron chi connectivity index (χ2n) is 7.07. The zero-order valence-corrected chi connectivity index (χ0v) is 22.8. The van der Waals surface area contributed by atoms with Crippen LogP contribution in [0.5, 0.6) is 0 Å². The molecule has 4 fully saturated rings. The van der Waals surface area contributed by atoms with Crippen LogP contribution in [-0.2, 0) is 0 Å². The van der Waals surface area contributed by atoms with Gasteiger partial charge in [-0.15, -0.1) is 0 Å². The summed E-state index contributed by atoms with van der Waals surface area (Å²) in [5, 5.41) is 0. The summed E-state index contributed by atoms with van der Waals surface area (Å²) < 4.78 is 0. The molecule has 2 N–H and O–H groups in total. The maximum absolute atomic E-state index is 2.43. The molecule has 2 bridgehead atoms. The first kappa shape index (κ1) is 23.8. The second kappa shape index (κ2) is 9.62. The van der Waals surface area contributed by atoms with Crippen molar-refractivity contribution in [3.05, 3.63) is 0 Å². The Kier molecular flexibility index (Phi) is 12.7. The van der Waals surface area contributed by atoms with Gasteiger partial charge in [0.1, 0.15) is 13.1 Å². The van der Waals surface area contributed by atoms with Crippen molar-refractivity contribution in [2.45, 2.75) is 47.0 Å². The van der Waals surface area contributed by atoms with Crippen LogP contribution in [0.2, 0.25) is 0 Å². The quantitative estimate of drug-likeness (QED) is 0.402. The first-order valence-electron chi connectivity index (χ1n) is 6.54. The molecule has 18 heavy (non-hydrogen) atoms. The molecule has 1 saturated heterocycles. The van der Waals surface area contributed by atoms with Gasteiger partial charge in [0.05, 0.1) is 14.1 Å². The van der Waals surface area contributed by atoms with Gasteiger partial charge in [0.15, 0.2) is 0 Å². The van der Waals surface area contributed by atoms with Gasteiger partial charge in [0.25, 0.3) is 0 Å². The molecule has 0 radical (unpaired) electrons. The van der Waals surface area contributed by atoms with Gasteiger partial charge in [-0.3, -0.25) is 9.80 Å². The molecule has 1 aliphatic heterocycles. The van der Waals surface area contributed by atoms with Crippen molar-refractivity contribution in [1.82, 2.24) is 0 Å². The molecule has 0 aromatic rings. The zero-order chi connectivity index (χ0) is 11.1. The Morgan fingerprint density at radius 1 is 0.778 bits per heavy atom. The summed E-state index contributed by atoms with van der Waals surface area (Å²) in [6, 6.07) is 0. The van der Waals surface area contributed by atoms with Crippen molar-refractivity contribution < 1.29 is 126 Å². The fraction of sp³-hybridized carbons (Fsp3) is 1.00. The average Bonchev–Trinajstić information content (AvgIpc) is 2.65. The second-order valence-corrected chi connectivity index (χ2v) is 7.07. The number of quaternary nitrogens is 2. The third-order valence-electron chi connectivity index (χ3n) is 4.62. The molecule has 0 spiro atoms. The smallest absolute Gasteiger partial charge is 0.286 e. The SMILES string of the molecule is C.CC12CCC(C)(C1)C2.C[NH+]1CC[NH+](C)C1.[Rb+].[Rb+]. The van der Waals surface area contributed by atoms with E-state index in [9.17, 15) is 0 Å². The van der Waals surface area contributed by atoms with E-state index >= 15 is 0 Å². The number of likely N-dealkylation sites (N-methyl/N-ethyl adjacent to an activating group) is 2. The Hall–Kier alpha value is 3.53. The van der Waals surface area contributed by atoms with Crippen LogP contribution < -0.4 is 126 Å². The van der Waals surface area contributed by atoms with E-state index in [-0.39, 0.29) is 124 Å². The van der Waals surface area contributed by atoms with Crippen LogP contribution in [0.25, 0.3) is 0 Å². The summed E-state index contributed by atoms with van der Waals surface area (Å²) in [5.41, 5.74) is 1.60. The summed E-state index contributed by atoms with van der Waals surface area (Å²) in [4.78, 5) is 3.33. The van der Waals surface area contributed by atoms with Crippen LogP contribution in [0.4, 0.5) is 0 Å². The molecular formula is C14H32N2Rb2+4. The van der Waals surface area contributed by atoms with Crippen LogP contribution in [0.3, 0.4) is 0 Å². The van der Waals surface area contributed by atoms with Gasteiger partial charge in [-0.25, -0.2) is 0 Å². The Morgan fingerprint density at radius 2 is 1.11 bits per heavy atom. The molecule has 2 nitrogen and oxygen atoms in total. The molecule has 4 rings (SSSR count). The van der Waals surface area contributed by atoms with Crippen LogP contribution in [0.1, 0.15) is 47.0 Å². The fourth-order valence-electron chi connectivity index (χ4n) is 4.08. The number of fused-ring (bicyclic) bond motifs is 1. The van der Waals surface area contributed by atoms with E-state index in [0.29, 0.717) is 0 Å². The van der Waals surface area contributed by atoms with E-state index in [1.165, 1.54) is 45.4 Å². The minimum Gasteiger partial charge on any atom is -0.286 e. The Labute approximate surface area is 213 Å². The van der Waals surface area contributed by atoms with Crippen molar-refractivity contribution in [2.75, 3.05) is 33.9 Å². The first-order chi connectivity index (χ1) is 6.91. The molecule has 0 aromatic heterocycles. The third kappa shape index (κ3) is 6.75. The topological polar surface area (TPSA) is 8.88 Å². The standard InChI is InChI=1S/C8H14.C5H12N2.CH4.2Rb/c1-7-3-4-8(2,5-7)6-7;1-6-3-4-7(2)5-6;;;/h3-6H2,1-2H3;3-5H2,1-2H3;1H4;;/q;;;2*+1/p+2. The number of hydrogen-bond donors (Lipinski definition) is 2. The summed E-state index contributed by atoms with van der Waals surface area (Å²) in [7, 11) is 4.49. The fourth-order valence-corrected chi connectivity index (χ4v) is 4.08. The van der Waals surface area contributed by atoms with Gasteiger partial charge >= 0.3 is 116 Å². The van der Waals surface area contributed by atoms with Gasteiger partial charge in [-0.2, -0.15) is 0 Å². The van der Waals surface area contributed by atoms with Gasteiger partial charge in [-0.1, -0.05) is 21.3 Å². The van der Waals surface area contributed by atoms with E-state index in [1.54, 1.807) is 9.80 Å². The molecule has 2 unspecified atom stereocenters. The van der Waals surface area contributed by atoms with E-state index in [1.807, 2.05) is 0 Å². The van der Waals surface area contributed by atoms with Gasteiger partial charge < -0.3 is 0 Å². The summed E-state index contributed by atoms with van der Waals surface area (Å²) >= 11 is 0. The van der Waals surface area contributed by atoms with Crippen LogP contribution >= 0.6 is 0 Å². The molecule has 0 amide bonds. The van der Waals surface area contributed by atoms with Crippen molar-refractivity contribution in [3.8, 4) is 0 Å². The molecule has 1 heterocycles. The maximum atomic E-state index is 2.43. The Balaban J connectivity index is 0. The largest absolute Gasteiger partial charge is 1.00 e. The van der Waals surface area contributed by atoms with E-state index in [4.69, 9.17) is 0 Å². The Morgan fingerprint density at radius 3 is 1.22 bits per heavy atom. The minimum atomic E-state index is 0. The van der Waals surface area contributed by atoms with Gasteiger partial charge in [-0.05, 0) is 36.5 Å². The predicted octanol–water partition coefficient (Wildman–Crippen LogP) is -5.78. The van der Waals surface area contributed by atoms with Crippen LogP contribution in [-0.4, -0.2) is 33.9 Å². The molecule has 4 aliphatic rings. The van der Waals surface area contributed by atoms with E-state index in [0.717, 1.165) is 10.8 Å². The van der Waals surface area contributed by atoms with Gasteiger partial charge in [0, 0.05) is 0 Å². The Bertz CT molecular complexity index is 218. The molecule has 96 valence electrons. The average molecular weight is 399 g/mol. The third-order valence-corrected chi connectivity index (χ3v) is 4.62. The van der Waals surface area contributed by atoms with Crippen molar-refractivity contribution >= 4 is 0 Å². The zero-order valence-electron chi connectivity index (χ0n) is 12.9. The van der Waals surface area contributed by atoms with Crippen molar-refractivity contribution in [2.24, 2.45) is 10.8 Å². The molecule has 4 heteroatoms. The number of hydrogen-bond acceptors (Lipinski definition) is 0. The molecular weight excluding hydrogens is 367 g/mol. The number of rotatable bonds is 0. The maximum Gasteiger partial charge on any atom is 1.00 e. The summed E-state index contributed by atoms with van der Waals surface area (Å²) in [6.45, 7) is 8.88. The van der Waals surface area contributed by atoms with Gasteiger partial charge in [0.2, 0.25) is 6.67 Å². The first-order valence-corrected chi connectivity index (χ1v) is 6.54. The van der Waals surface area contributed by atoms with Crippen LogP contribution in [0, 0.1) is 10.8 Å². The normalized spacial score (nSPS) is 43.3. The van der Waals surface area contributed by atoms with E-state index < -0.39 is 0 Å². The van der Waals surface area contributed by atoms with Crippen molar-refractivity contribution in [3.63, 3.8) is 0 Å². The van der Waals surface area contributed by atoms with E-state index in [2.05, 4.69) is 27.9 Å². The van der Waals surface area contributed by atoms with Crippen LogP contribution in [0.15, 0.2) is 0 Å². The molecule has 0 aromatic carbocycles. The predicted molar refractivity (Wildman–Crippen MR) is 69.8 cm³/mol.